The predicted molar refractivity (Wildman–Crippen MR) is 117 cm³/mol. The third-order valence-electron chi connectivity index (χ3n) is 4.66. The molecule has 0 spiro atoms. The molecule has 8 heteroatoms. The number of nitrogens with one attached hydrogen (secondary N) is 1. The minimum Gasteiger partial charge on any atom is -0.486 e. The summed E-state index contributed by atoms with van der Waals surface area (Å²) in [5.41, 5.74) is 4.57. The van der Waals surface area contributed by atoms with Gasteiger partial charge in [-0.2, -0.15) is 5.10 Å². The van der Waals surface area contributed by atoms with Crippen molar-refractivity contribution in [3.8, 4) is 22.8 Å². The SMILES string of the molecule is CCOC(=O)c1ccc(-c2ccc(/C=N\NC(=O)Cc3ccc4c(c3)OCCO4)o2)cc1. The molecule has 0 saturated carbocycles. The number of carbonyl (C=O) groups excluding carboxylic acids is 2. The van der Waals surface area contributed by atoms with Crippen LogP contribution >= 0.6 is 0 Å². The van der Waals surface area contributed by atoms with Gasteiger partial charge >= 0.3 is 5.97 Å². The van der Waals surface area contributed by atoms with Crippen molar-refractivity contribution in [2.75, 3.05) is 19.8 Å². The molecule has 2 aromatic carbocycles. The summed E-state index contributed by atoms with van der Waals surface area (Å²) < 4.78 is 21.7. The van der Waals surface area contributed by atoms with E-state index < -0.39 is 0 Å². The molecule has 0 unspecified atom stereocenters. The molecule has 3 aromatic rings. The number of amides is 1. The van der Waals surface area contributed by atoms with Crippen molar-refractivity contribution in [1.82, 2.24) is 5.43 Å². The fourth-order valence-corrected chi connectivity index (χ4v) is 3.15. The number of carbonyl (C=O) groups is 2. The van der Waals surface area contributed by atoms with Crippen LogP contribution in [0.3, 0.4) is 0 Å². The Hall–Kier alpha value is -4.07. The van der Waals surface area contributed by atoms with Gasteiger partial charge in [-0.25, -0.2) is 10.2 Å². The van der Waals surface area contributed by atoms with Gasteiger partial charge in [0, 0.05) is 5.56 Å². The number of nitrogens with zero attached hydrogens (tertiary/aromatic N) is 1. The summed E-state index contributed by atoms with van der Waals surface area (Å²) in [6, 6.07) is 15.9. The Morgan fingerprint density at radius 3 is 2.59 bits per heavy atom. The molecule has 1 N–H and O–H groups in total. The minimum absolute atomic E-state index is 0.157. The summed E-state index contributed by atoms with van der Waals surface area (Å²) in [6.07, 6.45) is 1.59. The molecule has 1 aliphatic rings. The number of benzene rings is 2. The number of hydrazone groups is 1. The van der Waals surface area contributed by atoms with Gasteiger partial charge in [0.1, 0.15) is 24.7 Å². The van der Waals surface area contributed by atoms with Gasteiger partial charge in [-0.1, -0.05) is 18.2 Å². The Bertz CT molecular complexity index is 1130. The molecule has 0 fully saturated rings. The van der Waals surface area contributed by atoms with Crippen LogP contribution < -0.4 is 14.9 Å². The van der Waals surface area contributed by atoms with Crippen molar-refractivity contribution in [3.05, 3.63) is 71.5 Å². The van der Waals surface area contributed by atoms with Crippen molar-refractivity contribution in [1.29, 1.82) is 0 Å². The lowest BCUT2D eigenvalue weighted by Gasteiger charge is -2.18. The standard InChI is InChI=1S/C24H22N2O6/c1-2-29-24(28)18-6-4-17(5-7-18)20-10-8-19(32-20)15-25-26-23(27)14-16-3-9-21-22(13-16)31-12-11-30-21/h3-10,13,15H,2,11-12,14H2,1H3,(H,26,27)/b25-15-. The first-order chi connectivity index (χ1) is 15.6. The lowest BCUT2D eigenvalue weighted by molar-refractivity contribution is -0.120. The van der Waals surface area contributed by atoms with Crippen molar-refractivity contribution in [3.63, 3.8) is 0 Å². The van der Waals surface area contributed by atoms with Gasteiger partial charge in [0.05, 0.1) is 24.8 Å². The lowest BCUT2D eigenvalue weighted by atomic mass is 10.1. The van der Waals surface area contributed by atoms with Crippen LogP contribution in [0.25, 0.3) is 11.3 Å². The number of hydrogen-bond donors (Lipinski definition) is 1. The van der Waals surface area contributed by atoms with E-state index in [9.17, 15) is 9.59 Å². The zero-order valence-corrected chi connectivity index (χ0v) is 17.5. The first kappa shape index (κ1) is 21.2. The average Bonchev–Trinajstić information content (AvgIpc) is 3.28. The summed E-state index contributed by atoms with van der Waals surface area (Å²) in [4.78, 5) is 23.9. The number of furan rings is 1. The Labute approximate surface area is 184 Å². The van der Waals surface area contributed by atoms with E-state index in [1.165, 1.54) is 6.21 Å². The monoisotopic (exact) mass is 434 g/mol. The van der Waals surface area contributed by atoms with Gasteiger partial charge in [-0.3, -0.25) is 4.79 Å². The second-order valence-corrected chi connectivity index (χ2v) is 6.95. The Morgan fingerprint density at radius 1 is 1.03 bits per heavy atom. The molecule has 8 nitrogen and oxygen atoms in total. The Morgan fingerprint density at radius 2 is 1.81 bits per heavy atom. The predicted octanol–water partition coefficient (Wildman–Crippen LogP) is 3.59. The quantitative estimate of drug-likeness (QED) is 0.347. The average molecular weight is 434 g/mol. The van der Waals surface area contributed by atoms with Crippen molar-refractivity contribution >= 4 is 18.1 Å². The zero-order chi connectivity index (χ0) is 22.3. The molecule has 4 rings (SSSR count). The highest BCUT2D eigenvalue weighted by atomic mass is 16.6. The summed E-state index contributed by atoms with van der Waals surface area (Å²) >= 11 is 0. The molecule has 0 aliphatic carbocycles. The number of fused-ring (bicyclic) bond motifs is 1. The van der Waals surface area contributed by atoms with Crippen LogP contribution in [0.2, 0.25) is 0 Å². The van der Waals surface area contributed by atoms with Crippen LogP contribution in [0.4, 0.5) is 0 Å². The van der Waals surface area contributed by atoms with Gasteiger partial charge in [-0.05, 0) is 48.9 Å². The van der Waals surface area contributed by atoms with E-state index in [0.29, 0.717) is 48.4 Å². The fourth-order valence-electron chi connectivity index (χ4n) is 3.15. The van der Waals surface area contributed by atoms with Gasteiger partial charge in [0.15, 0.2) is 11.5 Å². The van der Waals surface area contributed by atoms with Crippen LogP contribution in [-0.4, -0.2) is 37.9 Å². The summed E-state index contributed by atoms with van der Waals surface area (Å²) in [7, 11) is 0. The van der Waals surface area contributed by atoms with E-state index in [2.05, 4.69) is 10.5 Å². The number of ether oxygens (including phenoxy) is 3. The van der Waals surface area contributed by atoms with E-state index in [-0.39, 0.29) is 18.3 Å². The van der Waals surface area contributed by atoms with Crippen molar-refractivity contribution in [2.24, 2.45) is 5.10 Å². The molecule has 0 saturated heterocycles. The zero-order valence-electron chi connectivity index (χ0n) is 17.5. The van der Waals surface area contributed by atoms with E-state index in [1.54, 1.807) is 55.5 Å². The summed E-state index contributed by atoms with van der Waals surface area (Å²) in [5.74, 6) is 1.79. The van der Waals surface area contributed by atoms with E-state index in [1.807, 2.05) is 6.07 Å². The maximum Gasteiger partial charge on any atom is 0.338 e. The van der Waals surface area contributed by atoms with Gasteiger partial charge in [0.2, 0.25) is 5.91 Å². The number of hydrogen-bond acceptors (Lipinski definition) is 7. The minimum atomic E-state index is -0.363. The van der Waals surface area contributed by atoms with E-state index in [0.717, 1.165) is 11.1 Å². The highest BCUT2D eigenvalue weighted by Crippen LogP contribution is 2.30. The molecule has 1 aromatic heterocycles. The van der Waals surface area contributed by atoms with Crippen molar-refractivity contribution < 1.29 is 28.2 Å². The summed E-state index contributed by atoms with van der Waals surface area (Å²) in [6.45, 7) is 3.11. The number of esters is 1. The Balaban J connectivity index is 1.32. The Kier molecular flexibility index (Phi) is 6.50. The normalized spacial score (nSPS) is 12.5. The molecule has 0 radical (unpaired) electrons. The highest BCUT2D eigenvalue weighted by Gasteiger charge is 2.13. The smallest absolute Gasteiger partial charge is 0.338 e. The van der Waals surface area contributed by atoms with Gasteiger partial charge in [0.25, 0.3) is 0 Å². The van der Waals surface area contributed by atoms with E-state index >= 15 is 0 Å². The fraction of sp³-hybridized carbons (Fsp3) is 0.208. The van der Waals surface area contributed by atoms with Crippen LogP contribution in [-0.2, 0) is 16.0 Å². The molecule has 1 aliphatic heterocycles. The van der Waals surface area contributed by atoms with Gasteiger partial charge < -0.3 is 18.6 Å². The molecule has 164 valence electrons. The lowest BCUT2D eigenvalue weighted by Crippen LogP contribution is -2.20. The molecule has 1 amide bonds. The topological polar surface area (TPSA) is 99.4 Å². The molecule has 0 atom stereocenters. The van der Waals surface area contributed by atoms with Crippen LogP contribution in [0.5, 0.6) is 11.5 Å². The maximum absolute atomic E-state index is 12.2. The first-order valence-corrected chi connectivity index (χ1v) is 10.2. The second-order valence-electron chi connectivity index (χ2n) is 6.95. The maximum atomic E-state index is 12.2. The largest absolute Gasteiger partial charge is 0.486 e. The molecular formula is C24H22N2O6. The van der Waals surface area contributed by atoms with Crippen LogP contribution in [0.15, 0.2) is 64.1 Å². The molecular weight excluding hydrogens is 412 g/mol. The van der Waals surface area contributed by atoms with Crippen LogP contribution in [0.1, 0.15) is 28.6 Å². The number of rotatable bonds is 7. The van der Waals surface area contributed by atoms with Gasteiger partial charge in [-0.15, -0.1) is 0 Å². The van der Waals surface area contributed by atoms with E-state index in [4.69, 9.17) is 18.6 Å². The third-order valence-corrected chi connectivity index (χ3v) is 4.66. The third kappa shape index (κ3) is 5.15. The second kappa shape index (κ2) is 9.82. The highest BCUT2D eigenvalue weighted by molar-refractivity contribution is 5.90. The van der Waals surface area contributed by atoms with Crippen LogP contribution in [0, 0.1) is 0 Å². The first-order valence-electron chi connectivity index (χ1n) is 10.2. The molecule has 32 heavy (non-hydrogen) atoms. The molecule has 0 bridgehead atoms. The molecule has 2 heterocycles. The summed E-state index contributed by atoms with van der Waals surface area (Å²) in [5, 5.41) is 3.95. The van der Waals surface area contributed by atoms with Crippen molar-refractivity contribution in [2.45, 2.75) is 13.3 Å².